The van der Waals surface area contributed by atoms with Crippen molar-refractivity contribution in [2.24, 2.45) is 0 Å². The molecule has 36 heavy (non-hydrogen) atoms. The van der Waals surface area contributed by atoms with Gasteiger partial charge < -0.3 is 35.0 Å². The lowest BCUT2D eigenvalue weighted by molar-refractivity contribution is -0.256. The lowest BCUT2D eigenvalue weighted by Gasteiger charge is -2.48. The number of para-hydroxylation sites is 1. The minimum Gasteiger partial charge on any atom is -0.399 e. The fourth-order valence-corrected chi connectivity index (χ4v) is 7.40. The first kappa shape index (κ1) is 20.6. The summed E-state index contributed by atoms with van der Waals surface area (Å²) in [6.45, 7) is 2.63. The minimum absolute atomic E-state index is 0.0348. The third-order valence-corrected chi connectivity index (χ3v) is 8.71. The lowest BCUT2D eigenvalue weighted by atomic mass is 9.93. The Balaban J connectivity index is 1.72. The van der Waals surface area contributed by atoms with Gasteiger partial charge in [-0.15, -0.1) is 0 Å². The van der Waals surface area contributed by atoms with Crippen molar-refractivity contribution >= 4 is 55.2 Å². The first-order valence-electron chi connectivity index (χ1n) is 12.5. The van der Waals surface area contributed by atoms with Crippen LogP contribution < -0.4 is 16.4 Å². The van der Waals surface area contributed by atoms with Crippen LogP contribution in [0.25, 0.3) is 43.6 Å². The molecule has 8 rings (SSSR count). The van der Waals surface area contributed by atoms with Crippen LogP contribution in [0.2, 0.25) is 0 Å². The molecular formula is C28H27N5O3. The molecule has 2 unspecified atom stereocenters. The number of nitrogens with zero attached hydrogens (tertiary/aromatic N) is 2. The number of carbonyl (C=O) groups excluding carboxylic acids is 1. The molecule has 0 spiro atoms. The Morgan fingerprint density at radius 1 is 1.14 bits per heavy atom. The Morgan fingerprint density at radius 3 is 2.78 bits per heavy atom. The number of likely N-dealkylation sites (N-methyl/N-ethyl adjacent to an activating group) is 1. The molecule has 0 saturated carbocycles. The van der Waals surface area contributed by atoms with Gasteiger partial charge in [0.25, 0.3) is 5.91 Å². The van der Waals surface area contributed by atoms with E-state index in [4.69, 9.17) is 15.2 Å². The molecule has 1 saturated heterocycles. The zero-order valence-corrected chi connectivity index (χ0v) is 20.4. The second kappa shape index (κ2) is 6.59. The maximum absolute atomic E-state index is 13.4. The average Bonchev–Trinajstić information content (AvgIpc) is 3.51. The van der Waals surface area contributed by atoms with Gasteiger partial charge in [0.05, 0.1) is 27.6 Å². The van der Waals surface area contributed by atoms with E-state index in [0.717, 1.165) is 61.2 Å². The van der Waals surface area contributed by atoms with E-state index in [9.17, 15) is 4.79 Å². The number of fused-ring (bicyclic) bond motifs is 13. The quantitative estimate of drug-likeness (QED) is 0.332. The zero-order valence-electron chi connectivity index (χ0n) is 20.4. The van der Waals surface area contributed by atoms with Crippen molar-refractivity contribution in [3.63, 3.8) is 0 Å². The standard InChI is InChI=1S/C28H27N5O3/c1-28-26(35-3)17(30-2)11-20(36-28)32-18-9-8-13(29)10-15(18)22-23-16(12-31-27(23)34)21-14-6-4-5-7-19(14)33(28)25(21)24(22)32/h4-10,17,20,26,30H,11-12,29H2,1-3H3,(H,31,34)/t17?,20?,26-,28+/m1/s1. The van der Waals surface area contributed by atoms with Gasteiger partial charge in [-0.25, -0.2) is 0 Å². The van der Waals surface area contributed by atoms with Crippen molar-refractivity contribution < 1.29 is 14.3 Å². The number of hydrogen-bond acceptors (Lipinski definition) is 5. The second-order valence-corrected chi connectivity index (χ2v) is 10.4. The van der Waals surface area contributed by atoms with Gasteiger partial charge in [-0.05, 0) is 43.8 Å². The summed E-state index contributed by atoms with van der Waals surface area (Å²) in [5, 5.41) is 10.8. The number of anilines is 1. The number of hydrogen-bond donors (Lipinski definition) is 3. The summed E-state index contributed by atoms with van der Waals surface area (Å²) >= 11 is 0. The van der Waals surface area contributed by atoms with Crippen molar-refractivity contribution in [2.75, 3.05) is 19.9 Å². The molecule has 1 amide bonds. The topological polar surface area (TPSA) is 95.5 Å². The van der Waals surface area contributed by atoms with E-state index < -0.39 is 5.72 Å². The number of nitrogen functional groups attached to an aromatic ring is 1. The summed E-state index contributed by atoms with van der Waals surface area (Å²) in [5.41, 5.74) is 12.2. The molecule has 5 heterocycles. The summed E-state index contributed by atoms with van der Waals surface area (Å²) in [4.78, 5) is 13.4. The molecule has 182 valence electrons. The van der Waals surface area contributed by atoms with Crippen LogP contribution in [0.1, 0.15) is 35.5 Å². The van der Waals surface area contributed by atoms with Crippen LogP contribution in [0.5, 0.6) is 0 Å². The first-order valence-corrected chi connectivity index (χ1v) is 12.5. The number of methoxy groups -OCH3 is 1. The van der Waals surface area contributed by atoms with Crippen LogP contribution in [-0.4, -0.2) is 41.3 Å². The van der Waals surface area contributed by atoms with Crippen LogP contribution in [0.3, 0.4) is 0 Å². The van der Waals surface area contributed by atoms with Crippen LogP contribution in [0.4, 0.5) is 5.69 Å². The van der Waals surface area contributed by atoms with Crippen LogP contribution >= 0.6 is 0 Å². The number of benzene rings is 3. The summed E-state index contributed by atoms with van der Waals surface area (Å²) in [6.07, 6.45) is 0.237. The fraction of sp³-hybridized carbons (Fsp3) is 0.321. The molecule has 3 aliphatic heterocycles. The molecule has 2 aromatic heterocycles. The number of nitrogens with one attached hydrogen (secondary N) is 2. The molecule has 3 aliphatic rings. The van der Waals surface area contributed by atoms with Crippen molar-refractivity contribution in [1.29, 1.82) is 0 Å². The third kappa shape index (κ3) is 2.16. The van der Waals surface area contributed by atoms with Gasteiger partial charge in [-0.3, -0.25) is 4.79 Å². The molecule has 8 nitrogen and oxygen atoms in total. The maximum Gasteiger partial charge on any atom is 0.252 e. The number of aromatic nitrogens is 2. The number of carbonyl (C=O) groups is 1. The third-order valence-electron chi connectivity index (χ3n) is 8.71. The highest BCUT2D eigenvalue weighted by Gasteiger charge is 2.53. The molecule has 8 heteroatoms. The van der Waals surface area contributed by atoms with Crippen LogP contribution in [-0.2, 0) is 21.7 Å². The van der Waals surface area contributed by atoms with E-state index >= 15 is 0 Å². The molecular weight excluding hydrogens is 454 g/mol. The molecule has 0 aliphatic carbocycles. The van der Waals surface area contributed by atoms with E-state index in [1.807, 2.05) is 19.2 Å². The van der Waals surface area contributed by atoms with E-state index in [1.165, 1.54) is 0 Å². The average molecular weight is 482 g/mol. The summed E-state index contributed by atoms with van der Waals surface area (Å²) in [6, 6.07) is 14.5. The highest BCUT2D eigenvalue weighted by molar-refractivity contribution is 6.31. The SMILES string of the molecule is CNC1CC2O[C@@](C)([C@@H]1OC)n1c3ccccc3c3c4c(c5c6cc(N)ccc6n2c5c31)C(=O)NC4. The first-order chi connectivity index (χ1) is 17.5. The molecule has 5 aromatic rings. The largest absolute Gasteiger partial charge is 0.399 e. The molecule has 3 aromatic carbocycles. The Kier molecular flexibility index (Phi) is 3.77. The second-order valence-electron chi connectivity index (χ2n) is 10.4. The number of nitrogens with two attached hydrogens (primary N) is 1. The number of rotatable bonds is 2. The Hall–Kier alpha value is -3.59. The van der Waals surface area contributed by atoms with E-state index in [1.54, 1.807) is 7.11 Å². The van der Waals surface area contributed by atoms with Crippen molar-refractivity contribution in [3.8, 4) is 0 Å². The zero-order chi connectivity index (χ0) is 24.5. The number of ether oxygens (including phenoxy) is 2. The molecule has 1 fully saturated rings. The Bertz CT molecular complexity index is 1800. The predicted molar refractivity (Wildman–Crippen MR) is 140 cm³/mol. The Morgan fingerprint density at radius 2 is 1.97 bits per heavy atom. The molecule has 0 radical (unpaired) electrons. The van der Waals surface area contributed by atoms with Gasteiger partial charge >= 0.3 is 0 Å². The molecule has 2 bridgehead atoms. The monoisotopic (exact) mass is 481 g/mol. The van der Waals surface area contributed by atoms with Crippen molar-refractivity contribution in [3.05, 3.63) is 53.6 Å². The summed E-state index contributed by atoms with van der Waals surface area (Å²) < 4.78 is 17.9. The smallest absolute Gasteiger partial charge is 0.252 e. The molecule has 4 N–H and O–H groups in total. The van der Waals surface area contributed by atoms with E-state index in [0.29, 0.717) is 12.2 Å². The summed E-state index contributed by atoms with van der Waals surface area (Å²) in [7, 11) is 3.74. The highest BCUT2D eigenvalue weighted by atomic mass is 16.6. The van der Waals surface area contributed by atoms with Crippen molar-refractivity contribution in [2.45, 2.75) is 44.0 Å². The highest BCUT2D eigenvalue weighted by Crippen LogP contribution is 2.53. The van der Waals surface area contributed by atoms with Gasteiger partial charge in [0.1, 0.15) is 12.3 Å². The predicted octanol–water partition coefficient (Wildman–Crippen LogP) is 3.94. The summed E-state index contributed by atoms with van der Waals surface area (Å²) in [5.74, 6) is -0.0348. The van der Waals surface area contributed by atoms with Gasteiger partial charge in [-0.1, -0.05) is 18.2 Å². The maximum atomic E-state index is 13.4. The Labute approximate surface area is 206 Å². The fourth-order valence-electron chi connectivity index (χ4n) is 7.40. The minimum atomic E-state index is -0.789. The van der Waals surface area contributed by atoms with Gasteiger partial charge in [0, 0.05) is 53.3 Å². The lowest BCUT2D eigenvalue weighted by Crippen LogP contribution is -2.59. The van der Waals surface area contributed by atoms with E-state index in [-0.39, 0.29) is 24.3 Å². The van der Waals surface area contributed by atoms with Crippen LogP contribution in [0, 0.1) is 0 Å². The van der Waals surface area contributed by atoms with Crippen LogP contribution in [0.15, 0.2) is 42.5 Å². The van der Waals surface area contributed by atoms with E-state index in [2.05, 4.69) is 57.0 Å². The molecule has 4 atom stereocenters. The van der Waals surface area contributed by atoms with Crippen molar-refractivity contribution in [1.82, 2.24) is 19.8 Å². The van der Waals surface area contributed by atoms with Gasteiger partial charge in [0.2, 0.25) is 0 Å². The van der Waals surface area contributed by atoms with Gasteiger partial charge in [0.15, 0.2) is 5.72 Å². The van der Waals surface area contributed by atoms with Gasteiger partial charge in [-0.2, -0.15) is 0 Å². The normalized spacial score (nSPS) is 26.9. The number of amides is 1.